The number of benzene rings is 2. The van der Waals surface area contributed by atoms with E-state index >= 15 is 0 Å². The highest BCUT2D eigenvalue weighted by Gasteiger charge is 2.30. The molecule has 2 aromatic carbocycles. The molecular weight excluding hydrogens is 361 g/mol. The van der Waals surface area contributed by atoms with E-state index in [-0.39, 0.29) is 11.3 Å². The van der Waals surface area contributed by atoms with E-state index in [1.807, 2.05) is 0 Å². The molecule has 0 saturated carbocycles. The number of hydrogen-bond acceptors (Lipinski definition) is 3. The number of alkyl halides is 3. The van der Waals surface area contributed by atoms with Gasteiger partial charge in [-0.3, -0.25) is 4.79 Å². The summed E-state index contributed by atoms with van der Waals surface area (Å²) in [5, 5.41) is 2.96. The zero-order chi connectivity index (χ0) is 19.6. The van der Waals surface area contributed by atoms with E-state index in [4.69, 9.17) is 4.74 Å². The predicted molar refractivity (Wildman–Crippen MR) is 93.2 cm³/mol. The van der Waals surface area contributed by atoms with Crippen molar-refractivity contribution < 1.29 is 27.5 Å². The van der Waals surface area contributed by atoms with Gasteiger partial charge in [-0.05, 0) is 31.2 Å². The standard InChI is InChI=1S/C19H15F3N2O3/c1-11(17(25)24-13-6-4-5-12(9-13)19(20,21)22)27-18(26)15-10-23-16-8-3-2-7-14(15)16/h2-11,23H,1H3,(H,24,25)/t11-/m0/s1. The van der Waals surface area contributed by atoms with Gasteiger partial charge in [-0.15, -0.1) is 0 Å². The van der Waals surface area contributed by atoms with Crippen molar-refractivity contribution in [2.75, 3.05) is 5.32 Å². The van der Waals surface area contributed by atoms with Crippen LogP contribution in [0.5, 0.6) is 0 Å². The van der Waals surface area contributed by atoms with Crippen molar-refractivity contribution in [3.8, 4) is 0 Å². The van der Waals surface area contributed by atoms with Crippen LogP contribution in [0.1, 0.15) is 22.8 Å². The van der Waals surface area contributed by atoms with E-state index in [0.717, 1.165) is 17.6 Å². The van der Waals surface area contributed by atoms with E-state index in [9.17, 15) is 22.8 Å². The van der Waals surface area contributed by atoms with Crippen molar-refractivity contribution >= 4 is 28.5 Å². The number of aromatic amines is 1. The van der Waals surface area contributed by atoms with Crippen molar-refractivity contribution in [3.05, 3.63) is 65.9 Å². The second-order valence-corrected chi connectivity index (χ2v) is 5.86. The summed E-state index contributed by atoms with van der Waals surface area (Å²) >= 11 is 0. The fourth-order valence-electron chi connectivity index (χ4n) is 2.54. The number of para-hydroxylation sites is 1. The Morgan fingerprint density at radius 1 is 1.11 bits per heavy atom. The Morgan fingerprint density at radius 3 is 2.59 bits per heavy atom. The molecule has 0 unspecified atom stereocenters. The molecule has 5 nitrogen and oxygen atoms in total. The normalized spacial score (nSPS) is 12.6. The Balaban J connectivity index is 1.68. The van der Waals surface area contributed by atoms with Gasteiger partial charge < -0.3 is 15.0 Å². The number of ether oxygens (including phenoxy) is 1. The van der Waals surface area contributed by atoms with Crippen LogP contribution >= 0.6 is 0 Å². The minimum absolute atomic E-state index is 0.0372. The van der Waals surface area contributed by atoms with E-state index in [1.165, 1.54) is 25.3 Å². The van der Waals surface area contributed by atoms with Crippen LogP contribution < -0.4 is 5.32 Å². The van der Waals surface area contributed by atoms with Crippen LogP contribution in [-0.4, -0.2) is 23.0 Å². The Labute approximate surface area is 152 Å². The molecule has 3 rings (SSSR count). The number of amides is 1. The molecule has 0 aliphatic carbocycles. The first-order valence-corrected chi connectivity index (χ1v) is 8.01. The maximum absolute atomic E-state index is 12.7. The SMILES string of the molecule is C[C@H](OC(=O)c1c[nH]c2ccccc12)C(=O)Nc1cccc(C(F)(F)F)c1. The molecule has 0 fully saturated rings. The fraction of sp³-hybridized carbons (Fsp3) is 0.158. The van der Waals surface area contributed by atoms with Crippen LogP contribution in [-0.2, 0) is 15.7 Å². The van der Waals surface area contributed by atoms with E-state index in [2.05, 4.69) is 10.3 Å². The van der Waals surface area contributed by atoms with Gasteiger partial charge in [-0.2, -0.15) is 13.2 Å². The van der Waals surface area contributed by atoms with Gasteiger partial charge in [0.15, 0.2) is 6.10 Å². The van der Waals surface area contributed by atoms with Gasteiger partial charge in [-0.1, -0.05) is 24.3 Å². The number of anilines is 1. The van der Waals surface area contributed by atoms with Gasteiger partial charge in [0.05, 0.1) is 11.1 Å². The monoisotopic (exact) mass is 376 g/mol. The second kappa shape index (κ2) is 7.14. The molecule has 0 bridgehead atoms. The third-order valence-corrected chi connectivity index (χ3v) is 3.92. The molecule has 2 N–H and O–H groups in total. The minimum atomic E-state index is -4.52. The quantitative estimate of drug-likeness (QED) is 0.664. The number of nitrogens with one attached hydrogen (secondary N) is 2. The summed E-state index contributed by atoms with van der Waals surface area (Å²) in [4.78, 5) is 27.4. The van der Waals surface area contributed by atoms with Gasteiger partial charge in [0.25, 0.3) is 5.91 Å². The summed E-state index contributed by atoms with van der Waals surface area (Å²) < 4.78 is 43.3. The highest BCUT2D eigenvalue weighted by atomic mass is 19.4. The van der Waals surface area contributed by atoms with E-state index in [0.29, 0.717) is 5.39 Å². The summed E-state index contributed by atoms with van der Waals surface area (Å²) in [6.45, 7) is 1.34. The second-order valence-electron chi connectivity index (χ2n) is 5.86. The van der Waals surface area contributed by atoms with Crippen LogP contribution in [0.4, 0.5) is 18.9 Å². The summed E-state index contributed by atoms with van der Waals surface area (Å²) in [5.41, 5.74) is 0.0865. The summed E-state index contributed by atoms with van der Waals surface area (Å²) in [6, 6.07) is 11.3. The summed E-state index contributed by atoms with van der Waals surface area (Å²) in [5.74, 6) is -1.44. The topological polar surface area (TPSA) is 71.2 Å². The lowest BCUT2D eigenvalue weighted by Crippen LogP contribution is -2.30. The Morgan fingerprint density at radius 2 is 1.85 bits per heavy atom. The van der Waals surface area contributed by atoms with Crippen LogP contribution in [0.15, 0.2) is 54.7 Å². The smallest absolute Gasteiger partial charge is 0.416 e. The lowest BCUT2D eigenvalue weighted by molar-refractivity contribution is -0.137. The zero-order valence-electron chi connectivity index (χ0n) is 14.1. The molecule has 0 aliphatic heterocycles. The number of esters is 1. The number of halogens is 3. The molecule has 1 amide bonds. The van der Waals surface area contributed by atoms with Gasteiger partial charge in [0.2, 0.25) is 0 Å². The highest BCUT2D eigenvalue weighted by molar-refractivity contribution is 6.05. The number of aromatic nitrogens is 1. The van der Waals surface area contributed by atoms with Crippen molar-refractivity contribution in [2.45, 2.75) is 19.2 Å². The van der Waals surface area contributed by atoms with Crippen molar-refractivity contribution in [2.24, 2.45) is 0 Å². The van der Waals surface area contributed by atoms with Gasteiger partial charge in [0.1, 0.15) is 0 Å². The molecule has 0 aliphatic rings. The van der Waals surface area contributed by atoms with Gasteiger partial charge in [0, 0.05) is 22.8 Å². The molecule has 0 saturated heterocycles. The first-order valence-electron chi connectivity index (χ1n) is 8.01. The number of hydrogen-bond donors (Lipinski definition) is 2. The molecule has 8 heteroatoms. The van der Waals surface area contributed by atoms with Gasteiger partial charge in [-0.25, -0.2) is 4.79 Å². The third kappa shape index (κ3) is 4.11. The van der Waals surface area contributed by atoms with Gasteiger partial charge >= 0.3 is 12.1 Å². The average molecular weight is 376 g/mol. The van der Waals surface area contributed by atoms with Crippen molar-refractivity contribution in [1.82, 2.24) is 4.98 Å². The van der Waals surface area contributed by atoms with Crippen LogP contribution in [0.2, 0.25) is 0 Å². The molecule has 0 spiro atoms. The van der Waals surface area contributed by atoms with Crippen LogP contribution in [0.3, 0.4) is 0 Å². The predicted octanol–water partition coefficient (Wildman–Crippen LogP) is 4.37. The maximum atomic E-state index is 12.7. The molecule has 1 heterocycles. The summed E-state index contributed by atoms with van der Waals surface area (Å²) in [6.07, 6.45) is -4.24. The largest absolute Gasteiger partial charge is 0.449 e. The van der Waals surface area contributed by atoms with Crippen molar-refractivity contribution in [1.29, 1.82) is 0 Å². The average Bonchev–Trinajstić information content (AvgIpc) is 3.05. The van der Waals surface area contributed by atoms with Crippen molar-refractivity contribution in [3.63, 3.8) is 0 Å². The first-order chi connectivity index (χ1) is 12.8. The van der Waals surface area contributed by atoms with Crippen LogP contribution in [0, 0.1) is 0 Å². The Hall–Kier alpha value is -3.29. The zero-order valence-corrected chi connectivity index (χ0v) is 14.1. The minimum Gasteiger partial charge on any atom is -0.449 e. The molecule has 27 heavy (non-hydrogen) atoms. The van der Waals surface area contributed by atoms with Crippen LogP contribution in [0.25, 0.3) is 10.9 Å². The number of H-pyrrole nitrogens is 1. The number of fused-ring (bicyclic) bond motifs is 1. The Bertz CT molecular complexity index is 995. The first kappa shape index (κ1) is 18.5. The Kier molecular flexibility index (Phi) is 4.89. The number of rotatable bonds is 4. The van der Waals surface area contributed by atoms with E-state index < -0.39 is 29.7 Å². The van der Waals surface area contributed by atoms with E-state index in [1.54, 1.807) is 24.3 Å². The lowest BCUT2D eigenvalue weighted by Gasteiger charge is -2.14. The molecule has 140 valence electrons. The highest BCUT2D eigenvalue weighted by Crippen LogP contribution is 2.30. The molecular formula is C19H15F3N2O3. The third-order valence-electron chi connectivity index (χ3n) is 3.92. The number of carbonyl (C=O) groups excluding carboxylic acids is 2. The molecule has 0 radical (unpaired) electrons. The molecule has 1 atom stereocenters. The molecule has 1 aromatic heterocycles. The lowest BCUT2D eigenvalue weighted by atomic mass is 10.2. The summed E-state index contributed by atoms with van der Waals surface area (Å²) in [7, 11) is 0. The fourth-order valence-corrected chi connectivity index (χ4v) is 2.54. The maximum Gasteiger partial charge on any atom is 0.416 e. The number of carbonyl (C=O) groups is 2. The molecule has 3 aromatic rings.